The number of rotatable bonds is 4. The first-order valence-corrected chi connectivity index (χ1v) is 7.70. The number of pyridine rings is 2. The molecule has 0 bridgehead atoms. The summed E-state index contributed by atoms with van der Waals surface area (Å²) in [5.41, 5.74) is 0.142. The second-order valence-electron chi connectivity index (χ2n) is 5.24. The third-order valence-electron chi connectivity index (χ3n) is 3.62. The van der Waals surface area contributed by atoms with Crippen molar-refractivity contribution in [2.24, 2.45) is 0 Å². The minimum Gasteiger partial charge on any atom is -0.353 e. The lowest BCUT2D eigenvalue weighted by atomic mass is 10.1. The highest BCUT2D eigenvalue weighted by Gasteiger charge is 2.15. The molecule has 128 valence electrons. The second kappa shape index (κ2) is 7.17. The Morgan fingerprint density at radius 1 is 1.23 bits per heavy atom. The van der Waals surface area contributed by atoms with Gasteiger partial charge in [0.25, 0.3) is 5.56 Å². The standard InChI is InChI=1S/C18H10ClFN4O2/c19-11-1-2-14(20)12(5-11)13-6-16(17(7-21)24-18(13)26)23-15-3-4-22-8-10(15)9-25/h1-6,8-9H,(H,22,23)(H,24,26). The predicted molar refractivity (Wildman–Crippen MR) is 95.1 cm³/mol. The van der Waals surface area contributed by atoms with E-state index in [4.69, 9.17) is 11.6 Å². The summed E-state index contributed by atoms with van der Waals surface area (Å²) in [6.07, 6.45) is 3.42. The molecule has 1 aromatic carbocycles. The maximum Gasteiger partial charge on any atom is 0.257 e. The fourth-order valence-corrected chi connectivity index (χ4v) is 2.55. The Balaban J connectivity index is 2.17. The number of nitriles is 1. The van der Waals surface area contributed by atoms with Gasteiger partial charge in [-0.05, 0) is 30.3 Å². The number of benzene rings is 1. The van der Waals surface area contributed by atoms with Crippen LogP contribution in [0.3, 0.4) is 0 Å². The van der Waals surface area contributed by atoms with Gasteiger partial charge in [0, 0.05) is 23.0 Å². The highest BCUT2D eigenvalue weighted by molar-refractivity contribution is 6.30. The molecule has 3 aromatic rings. The van der Waals surface area contributed by atoms with E-state index in [2.05, 4.69) is 15.3 Å². The molecule has 0 atom stereocenters. The molecule has 0 radical (unpaired) electrons. The van der Waals surface area contributed by atoms with Crippen molar-refractivity contribution < 1.29 is 9.18 Å². The number of carbonyl (C=O) groups excluding carboxylic acids is 1. The van der Waals surface area contributed by atoms with Crippen LogP contribution in [0.4, 0.5) is 15.8 Å². The Labute approximate surface area is 151 Å². The summed E-state index contributed by atoms with van der Waals surface area (Å²) in [6, 6.07) is 8.56. The minimum atomic E-state index is -0.640. The topological polar surface area (TPSA) is 98.6 Å². The molecule has 0 fully saturated rings. The first kappa shape index (κ1) is 17.3. The molecule has 2 aromatic heterocycles. The van der Waals surface area contributed by atoms with Gasteiger partial charge in [0.05, 0.1) is 22.5 Å². The van der Waals surface area contributed by atoms with Gasteiger partial charge in [0.15, 0.2) is 6.29 Å². The minimum absolute atomic E-state index is 0.00312. The smallest absolute Gasteiger partial charge is 0.257 e. The summed E-state index contributed by atoms with van der Waals surface area (Å²) in [5.74, 6) is -0.631. The van der Waals surface area contributed by atoms with Crippen LogP contribution in [0.5, 0.6) is 0 Å². The van der Waals surface area contributed by atoms with Crippen molar-refractivity contribution in [2.45, 2.75) is 0 Å². The fourth-order valence-electron chi connectivity index (χ4n) is 2.38. The quantitative estimate of drug-likeness (QED) is 0.685. The zero-order valence-corrected chi connectivity index (χ0v) is 13.8. The Bertz CT molecular complexity index is 1110. The van der Waals surface area contributed by atoms with Crippen LogP contribution in [0.2, 0.25) is 5.02 Å². The number of nitrogens with one attached hydrogen (secondary N) is 2. The van der Waals surface area contributed by atoms with E-state index >= 15 is 0 Å². The molecule has 0 spiro atoms. The lowest BCUT2D eigenvalue weighted by molar-refractivity contribution is 0.112. The van der Waals surface area contributed by atoms with Crippen LogP contribution in [0.1, 0.15) is 16.1 Å². The lowest BCUT2D eigenvalue weighted by Crippen LogP contribution is -2.13. The average Bonchev–Trinajstić information content (AvgIpc) is 2.65. The number of aldehydes is 1. The molecule has 0 saturated heterocycles. The number of aromatic nitrogens is 2. The van der Waals surface area contributed by atoms with E-state index in [1.807, 2.05) is 6.07 Å². The molecule has 0 aliphatic heterocycles. The number of halogens is 2. The van der Waals surface area contributed by atoms with Crippen LogP contribution in [-0.4, -0.2) is 16.3 Å². The summed E-state index contributed by atoms with van der Waals surface area (Å²) < 4.78 is 14.1. The SMILES string of the molecule is N#Cc1[nH]c(=O)c(-c2cc(Cl)ccc2F)cc1Nc1ccncc1C=O. The van der Waals surface area contributed by atoms with Crippen molar-refractivity contribution in [2.75, 3.05) is 5.32 Å². The largest absolute Gasteiger partial charge is 0.353 e. The Kier molecular flexibility index (Phi) is 4.78. The molecule has 0 amide bonds. The van der Waals surface area contributed by atoms with Gasteiger partial charge in [-0.25, -0.2) is 4.39 Å². The maximum atomic E-state index is 14.1. The third kappa shape index (κ3) is 3.31. The van der Waals surface area contributed by atoms with E-state index in [0.717, 1.165) is 6.07 Å². The maximum absolute atomic E-state index is 14.1. The lowest BCUT2D eigenvalue weighted by Gasteiger charge is -2.12. The van der Waals surface area contributed by atoms with Crippen LogP contribution in [0.15, 0.2) is 47.5 Å². The van der Waals surface area contributed by atoms with Crippen LogP contribution >= 0.6 is 11.6 Å². The number of anilines is 2. The van der Waals surface area contributed by atoms with Gasteiger partial charge in [0.1, 0.15) is 17.6 Å². The summed E-state index contributed by atoms with van der Waals surface area (Å²) in [7, 11) is 0. The van der Waals surface area contributed by atoms with Crippen molar-refractivity contribution in [3.05, 3.63) is 75.2 Å². The third-order valence-corrected chi connectivity index (χ3v) is 3.85. The summed E-state index contributed by atoms with van der Waals surface area (Å²) in [5, 5.41) is 12.4. The van der Waals surface area contributed by atoms with E-state index in [1.54, 1.807) is 0 Å². The number of hydrogen-bond acceptors (Lipinski definition) is 5. The molecule has 0 saturated carbocycles. The molecule has 6 nitrogen and oxygen atoms in total. The number of nitrogens with zero attached hydrogens (tertiary/aromatic N) is 2. The van der Waals surface area contributed by atoms with Gasteiger partial charge in [0.2, 0.25) is 0 Å². The van der Waals surface area contributed by atoms with Crippen LogP contribution in [-0.2, 0) is 0 Å². The van der Waals surface area contributed by atoms with Gasteiger partial charge in [-0.3, -0.25) is 14.6 Å². The first-order valence-electron chi connectivity index (χ1n) is 7.32. The molecular formula is C18H10ClFN4O2. The van der Waals surface area contributed by atoms with Crippen molar-refractivity contribution in [3.63, 3.8) is 0 Å². The molecule has 2 heterocycles. The Morgan fingerprint density at radius 3 is 2.77 bits per heavy atom. The monoisotopic (exact) mass is 368 g/mol. The molecule has 0 aliphatic rings. The summed E-state index contributed by atoms with van der Waals surface area (Å²) in [4.78, 5) is 29.7. The summed E-state index contributed by atoms with van der Waals surface area (Å²) >= 11 is 5.89. The number of H-pyrrole nitrogens is 1. The summed E-state index contributed by atoms with van der Waals surface area (Å²) in [6.45, 7) is 0. The van der Waals surface area contributed by atoms with E-state index in [-0.39, 0.29) is 33.1 Å². The Morgan fingerprint density at radius 2 is 2.04 bits per heavy atom. The van der Waals surface area contributed by atoms with E-state index < -0.39 is 11.4 Å². The van der Waals surface area contributed by atoms with Gasteiger partial charge < -0.3 is 10.3 Å². The number of carbonyl (C=O) groups is 1. The van der Waals surface area contributed by atoms with Gasteiger partial charge in [-0.2, -0.15) is 5.26 Å². The van der Waals surface area contributed by atoms with Crippen LogP contribution in [0.25, 0.3) is 11.1 Å². The van der Waals surface area contributed by atoms with Gasteiger partial charge in [-0.15, -0.1) is 0 Å². The Hall–Kier alpha value is -3.50. The van der Waals surface area contributed by atoms with Crippen molar-refractivity contribution >= 4 is 29.3 Å². The van der Waals surface area contributed by atoms with Gasteiger partial charge >= 0.3 is 0 Å². The normalized spacial score (nSPS) is 10.2. The van der Waals surface area contributed by atoms with Crippen LogP contribution in [0, 0.1) is 17.1 Å². The predicted octanol–water partition coefficient (Wildman–Crippen LogP) is 3.66. The van der Waals surface area contributed by atoms with Gasteiger partial charge in [-0.1, -0.05) is 11.6 Å². The molecule has 2 N–H and O–H groups in total. The zero-order chi connectivity index (χ0) is 18.7. The highest BCUT2D eigenvalue weighted by Crippen LogP contribution is 2.28. The molecular weight excluding hydrogens is 359 g/mol. The van der Waals surface area contributed by atoms with Crippen molar-refractivity contribution in [1.29, 1.82) is 5.26 Å². The average molecular weight is 369 g/mol. The zero-order valence-electron chi connectivity index (χ0n) is 13.1. The highest BCUT2D eigenvalue weighted by atomic mass is 35.5. The van der Waals surface area contributed by atoms with E-state index in [0.29, 0.717) is 12.0 Å². The second-order valence-corrected chi connectivity index (χ2v) is 5.68. The van der Waals surface area contributed by atoms with E-state index in [1.165, 1.54) is 36.7 Å². The first-order chi connectivity index (χ1) is 12.5. The van der Waals surface area contributed by atoms with Crippen LogP contribution < -0.4 is 10.9 Å². The van der Waals surface area contributed by atoms with E-state index in [9.17, 15) is 19.2 Å². The number of hydrogen-bond donors (Lipinski definition) is 2. The van der Waals surface area contributed by atoms with Crippen molar-refractivity contribution in [3.8, 4) is 17.2 Å². The molecule has 26 heavy (non-hydrogen) atoms. The van der Waals surface area contributed by atoms with Crippen molar-refractivity contribution in [1.82, 2.24) is 9.97 Å². The molecule has 0 aliphatic carbocycles. The molecule has 0 unspecified atom stereocenters. The molecule has 3 rings (SSSR count). The molecule has 8 heteroatoms. The fraction of sp³-hybridized carbons (Fsp3) is 0. The number of aromatic amines is 1.